The average Bonchev–Trinajstić information content (AvgIpc) is 3.15. The molecule has 6 aliphatic rings. The van der Waals surface area contributed by atoms with Gasteiger partial charge in [0.1, 0.15) is 5.69 Å². The van der Waals surface area contributed by atoms with Gasteiger partial charge in [-0.05, 0) is 74.2 Å². The number of nitro groups is 1. The van der Waals surface area contributed by atoms with Crippen LogP contribution in [0.25, 0.3) is 0 Å². The van der Waals surface area contributed by atoms with Crippen LogP contribution in [0.5, 0.6) is 0 Å². The topological polar surface area (TPSA) is 118 Å². The summed E-state index contributed by atoms with van der Waals surface area (Å²) in [6.45, 7) is 8.39. The van der Waals surface area contributed by atoms with Crippen molar-refractivity contribution in [2.45, 2.75) is 66.2 Å². The molecule has 1 saturated heterocycles. The molecule has 1 N–H and O–H groups in total. The fourth-order valence-electron chi connectivity index (χ4n) is 10.0. The highest BCUT2D eigenvalue weighted by atomic mass is 16.6. The highest BCUT2D eigenvalue weighted by Gasteiger charge is 2.73. The van der Waals surface area contributed by atoms with Gasteiger partial charge in [0, 0.05) is 11.5 Å². The summed E-state index contributed by atoms with van der Waals surface area (Å²) < 4.78 is 0. The second-order valence-corrected chi connectivity index (χ2v) is 13.2. The highest BCUT2D eigenvalue weighted by Crippen LogP contribution is 2.74. The number of rotatable bonds is 4. The van der Waals surface area contributed by atoms with Gasteiger partial charge in [0.15, 0.2) is 0 Å². The molecule has 1 aliphatic heterocycles. The van der Waals surface area contributed by atoms with Crippen LogP contribution in [-0.4, -0.2) is 27.8 Å². The summed E-state index contributed by atoms with van der Waals surface area (Å²) in [5, 5.41) is 22.1. The van der Waals surface area contributed by atoms with E-state index in [0.717, 1.165) is 24.2 Å². The van der Waals surface area contributed by atoms with Gasteiger partial charge < -0.3 is 5.11 Å². The Morgan fingerprint density at radius 2 is 1.82 bits per heavy atom. The molecule has 1 aromatic carbocycles. The summed E-state index contributed by atoms with van der Waals surface area (Å²) in [7, 11) is 0. The van der Waals surface area contributed by atoms with Crippen LogP contribution >= 0.6 is 0 Å². The fraction of sp³-hybridized carbons (Fsp3) is 0.633. The van der Waals surface area contributed by atoms with Gasteiger partial charge in [0.05, 0.1) is 22.2 Å². The van der Waals surface area contributed by atoms with E-state index in [1.807, 2.05) is 6.92 Å². The van der Waals surface area contributed by atoms with Crippen LogP contribution in [-0.2, 0) is 14.4 Å². The van der Waals surface area contributed by atoms with E-state index in [-0.39, 0.29) is 52.3 Å². The first-order valence-electron chi connectivity index (χ1n) is 14.0. The number of hydrogen-bond donors (Lipinski definition) is 1. The van der Waals surface area contributed by atoms with Gasteiger partial charge in [0.2, 0.25) is 11.8 Å². The number of nitro benzene ring substituents is 1. The maximum Gasteiger partial charge on any atom is 0.309 e. The molecule has 3 saturated carbocycles. The Kier molecular flexibility index (Phi) is 5.31. The number of anilines is 1. The molecule has 202 valence electrons. The SMILES string of the molecule is CC(C)C1=C[C@@]23CC[C@H]4[C@](C)(CCC[C@@]4(C)C(=O)O)[C@@H]2C[C@H]1[C@H]1C(=O)N(c2ccccc2[N+](=O)[O-])C(=O)[C@@H]13. The van der Waals surface area contributed by atoms with E-state index in [2.05, 4.69) is 26.8 Å². The molecule has 0 unspecified atom stereocenters. The summed E-state index contributed by atoms with van der Waals surface area (Å²) in [6.07, 6.45) is 6.84. The minimum Gasteiger partial charge on any atom is -0.481 e. The van der Waals surface area contributed by atoms with Crippen molar-refractivity contribution < 1.29 is 24.4 Å². The molecule has 1 heterocycles. The summed E-state index contributed by atoms with van der Waals surface area (Å²) in [4.78, 5) is 53.3. The summed E-state index contributed by atoms with van der Waals surface area (Å²) >= 11 is 0. The van der Waals surface area contributed by atoms with Crippen molar-refractivity contribution in [1.82, 2.24) is 0 Å². The number of carboxylic acid groups (broad SMARTS) is 1. The minimum atomic E-state index is -0.804. The number of hydrogen-bond acceptors (Lipinski definition) is 5. The summed E-state index contributed by atoms with van der Waals surface area (Å²) in [5.41, 5.74) is -0.593. The quantitative estimate of drug-likeness (QED) is 0.239. The number of para-hydroxylation sites is 2. The predicted octanol–water partition coefficient (Wildman–Crippen LogP) is 5.61. The lowest BCUT2D eigenvalue weighted by molar-refractivity contribution is -0.384. The van der Waals surface area contributed by atoms with Crippen LogP contribution in [0.3, 0.4) is 0 Å². The van der Waals surface area contributed by atoms with Gasteiger partial charge in [-0.25, -0.2) is 4.90 Å². The van der Waals surface area contributed by atoms with Gasteiger partial charge in [-0.1, -0.05) is 51.0 Å². The van der Waals surface area contributed by atoms with E-state index in [1.165, 1.54) is 17.7 Å². The zero-order chi connectivity index (χ0) is 27.4. The molecule has 0 aromatic heterocycles. The molecule has 4 fully saturated rings. The predicted molar refractivity (Wildman–Crippen MR) is 140 cm³/mol. The Bertz CT molecular complexity index is 1300. The molecule has 1 spiro atoms. The zero-order valence-electron chi connectivity index (χ0n) is 22.5. The van der Waals surface area contributed by atoms with Gasteiger partial charge in [0.25, 0.3) is 5.69 Å². The van der Waals surface area contributed by atoms with Gasteiger partial charge in [-0.3, -0.25) is 24.5 Å². The third kappa shape index (κ3) is 2.94. The average molecular weight is 521 g/mol. The first kappa shape index (κ1) is 25.3. The molecule has 0 radical (unpaired) electrons. The lowest BCUT2D eigenvalue weighted by atomic mass is 9.34. The van der Waals surface area contributed by atoms with E-state index < -0.39 is 33.6 Å². The van der Waals surface area contributed by atoms with E-state index in [4.69, 9.17) is 0 Å². The van der Waals surface area contributed by atoms with Crippen molar-refractivity contribution >= 4 is 29.2 Å². The van der Waals surface area contributed by atoms with Crippen LogP contribution in [0.2, 0.25) is 0 Å². The Morgan fingerprint density at radius 1 is 1.11 bits per heavy atom. The van der Waals surface area contributed by atoms with E-state index in [1.54, 1.807) is 12.1 Å². The standard InChI is InChI=1S/C30H36N2O6/c1-16(2)18-15-30-13-10-21-28(3,11-7-12-29(21,4)27(35)36)22(30)14-17(18)23-24(30)26(34)31(25(23)33)19-8-5-6-9-20(19)32(37)38/h5-6,8-9,15-17,21-24H,7,10-14H2,1-4H3,(H,35,36)/t17-,21+,22+,23-,24-,28+,29-,30+/m1/s1. The van der Waals surface area contributed by atoms with Gasteiger partial charge in [-0.2, -0.15) is 0 Å². The van der Waals surface area contributed by atoms with Crippen LogP contribution in [0.1, 0.15) is 66.2 Å². The molecule has 2 bridgehead atoms. The van der Waals surface area contributed by atoms with Crippen LogP contribution in [0, 0.1) is 61.9 Å². The number of carbonyl (C=O) groups excluding carboxylic acids is 2. The summed E-state index contributed by atoms with van der Waals surface area (Å²) in [6, 6.07) is 6.00. The smallest absolute Gasteiger partial charge is 0.309 e. The lowest BCUT2D eigenvalue weighted by Crippen LogP contribution is -2.65. The molecule has 8 atom stereocenters. The number of amides is 2. The summed E-state index contributed by atoms with van der Waals surface area (Å²) in [5.74, 6) is -2.32. The van der Waals surface area contributed by atoms with E-state index in [0.29, 0.717) is 19.3 Å². The Hall–Kier alpha value is -3.03. The van der Waals surface area contributed by atoms with Crippen molar-refractivity contribution in [3.8, 4) is 0 Å². The Labute approximate surface area is 222 Å². The van der Waals surface area contributed by atoms with Crippen LogP contribution in [0.15, 0.2) is 35.9 Å². The monoisotopic (exact) mass is 520 g/mol. The largest absolute Gasteiger partial charge is 0.481 e. The number of allylic oxidation sites excluding steroid dienone is 2. The zero-order valence-corrected chi connectivity index (χ0v) is 22.5. The third-order valence-electron chi connectivity index (χ3n) is 11.5. The first-order chi connectivity index (χ1) is 17.9. The molecule has 38 heavy (non-hydrogen) atoms. The van der Waals surface area contributed by atoms with E-state index >= 15 is 0 Å². The maximum absolute atomic E-state index is 14.3. The number of nitrogens with zero attached hydrogens (tertiary/aromatic N) is 2. The fourth-order valence-corrected chi connectivity index (χ4v) is 10.0. The number of carbonyl (C=O) groups is 3. The molecule has 8 nitrogen and oxygen atoms in total. The normalized spacial score (nSPS) is 41.4. The van der Waals surface area contributed by atoms with Crippen molar-refractivity contribution in [2.24, 2.45) is 51.8 Å². The first-order valence-corrected chi connectivity index (χ1v) is 14.0. The molecule has 2 amide bonds. The second-order valence-electron chi connectivity index (χ2n) is 13.2. The van der Waals surface area contributed by atoms with Crippen LogP contribution in [0.4, 0.5) is 11.4 Å². The molecular formula is C30H36N2O6. The van der Waals surface area contributed by atoms with Crippen molar-refractivity contribution in [3.05, 3.63) is 46.0 Å². The minimum absolute atomic E-state index is 0.00379. The number of aliphatic carboxylic acids is 1. The molecule has 7 rings (SSSR count). The third-order valence-corrected chi connectivity index (χ3v) is 11.5. The molecule has 1 aromatic rings. The van der Waals surface area contributed by atoms with Crippen molar-refractivity contribution in [1.29, 1.82) is 0 Å². The van der Waals surface area contributed by atoms with Crippen LogP contribution < -0.4 is 4.90 Å². The highest BCUT2D eigenvalue weighted by molar-refractivity contribution is 6.23. The molecule has 5 aliphatic carbocycles. The number of fused-ring (bicyclic) bond motifs is 1. The van der Waals surface area contributed by atoms with Crippen molar-refractivity contribution in [2.75, 3.05) is 4.90 Å². The van der Waals surface area contributed by atoms with Gasteiger partial charge in [-0.15, -0.1) is 0 Å². The molecular weight excluding hydrogens is 484 g/mol. The Balaban J connectivity index is 1.50. The maximum atomic E-state index is 14.3. The lowest BCUT2D eigenvalue weighted by Gasteiger charge is -2.68. The van der Waals surface area contributed by atoms with Gasteiger partial charge >= 0.3 is 5.97 Å². The number of imide groups is 1. The second kappa shape index (κ2) is 7.99. The molecule has 8 heteroatoms. The number of benzene rings is 1. The van der Waals surface area contributed by atoms with E-state index in [9.17, 15) is 29.6 Å². The number of carboxylic acids is 1. The van der Waals surface area contributed by atoms with Crippen molar-refractivity contribution in [3.63, 3.8) is 0 Å². The Morgan fingerprint density at radius 3 is 2.47 bits per heavy atom.